The van der Waals surface area contributed by atoms with Gasteiger partial charge < -0.3 is 14.7 Å². The second kappa shape index (κ2) is 2.82. The van der Waals surface area contributed by atoms with Gasteiger partial charge in [-0.15, -0.1) is 0 Å². The molecule has 0 unspecified atom stereocenters. The Kier molecular flexibility index (Phi) is 1.66. The van der Waals surface area contributed by atoms with E-state index in [1.807, 2.05) is 0 Å². The zero-order valence-corrected chi connectivity index (χ0v) is 6.64. The Hall–Kier alpha value is -1.97. The quantitative estimate of drug-likeness (QED) is 0.696. The molecule has 0 fully saturated rings. The highest BCUT2D eigenvalue weighted by molar-refractivity contribution is 5.67. The van der Waals surface area contributed by atoms with Gasteiger partial charge in [0.15, 0.2) is 0 Å². The Morgan fingerprint density at radius 1 is 1.15 bits per heavy atom. The molecule has 66 valence electrons. The SMILES string of the molecule is Oc1ccc(-c2ccon2)c(O)c1. The molecule has 0 radical (unpaired) electrons. The van der Waals surface area contributed by atoms with Crippen LogP contribution < -0.4 is 0 Å². The molecule has 0 aliphatic rings. The normalized spacial score (nSPS) is 10.2. The molecule has 0 aliphatic carbocycles. The Bertz CT molecular complexity index is 409. The molecule has 0 bridgehead atoms. The van der Waals surface area contributed by atoms with Crippen molar-refractivity contribution in [1.29, 1.82) is 0 Å². The van der Waals surface area contributed by atoms with Crippen LogP contribution in [0.2, 0.25) is 0 Å². The summed E-state index contributed by atoms with van der Waals surface area (Å²) in [5.74, 6) is -0.00125. The summed E-state index contributed by atoms with van der Waals surface area (Å²) in [4.78, 5) is 0. The van der Waals surface area contributed by atoms with Gasteiger partial charge in [-0.1, -0.05) is 5.16 Å². The standard InChI is InChI=1S/C9H7NO3/c11-6-1-2-7(9(12)5-6)8-3-4-13-10-8/h1-5,11-12H. The van der Waals surface area contributed by atoms with E-state index in [9.17, 15) is 5.11 Å². The molecule has 0 saturated heterocycles. The average Bonchev–Trinajstić information content (AvgIpc) is 2.56. The average molecular weight is 177 g/mol. The molecule has 0 atom stereocenters. The Labute approximate surface area is 74.0 Å². The molecular formula is C9H7NO3. The van der Waals surface area contributed by atoms with Crippen LogP contribution in [0.25, 0.3) is 11.3 Å². The lowest BCUT2D eigenvalue weighted by atomic mass is 10.1. The molecule has 1 aromatic heterocycles. The summed E-state index contributed by atoms with van der Waals surface area (Å²) in [7, 11) is 0. The van der Waals surface area contributed by atoms with Crippen molar-refractivity contribution < 1.29 is 14.7 Å². The lowest BCUT2D eigenvalue weighted by Gasteiger charge is -1.99. The van der Waals surface area contributed by atoms with Crippen molar-refractivity contribution in [2.75, 3.05) is 0 Å². The van der Waals surface area contributed by atoms with Crippen molar-refractivity contribution in [3.8, 4) is 22.8 Å². The van der Waals surface area contributed by atoms with E-state index in [2.05, 4.69) is 9.68 Å². The van der Waals surface area contributed by atoms with Crippen molar-refractivity contribution in [3.63, 3.8) is 0 Å². The van der Waals surface area contributed by atoms with Crippen LogP contribution in [0.15, 0.2) is 35.1 Å². The Morgan fingerprint density at radius 2 is 2.00 bits per heavy atom. The van der Waals surface area contributed by atoms with Gasteiger partial charge in [0, 0.05) is 17.7 Å². The van der Waals surface area contributed by atoms with Crippen LogP contribution in [0.1, 0.15) is 0 Å². The van der Waals surface area contributed by atoms with Crippen LogP contribution >= 0.6 is 0 Å². The summed E-state index contributed by atoms with van der Waals surface area (Å²) in [6.45, 7) is 0. The highest BCUT2D eigenvalue weighted by atomic mass is 16.5. The summed E-state index contributed by atoms with van der Waals surface area (Å²) < 4.78 is 4.63. The third-order valence-electron chi connectivity index (χ3n) is 1.70. The minimum Gasteiger partial charge on any atom is -0.508 e. The largest absolute Gasteiger partial charge is 0.508 e. The first-order chi connectivity index (χ1) is 6.27. The van der Waals surface area contributed by atoms with E-state index in [0.717, 1.165) is 0 Å². The van der Waals surface area contributed by atoms with E-state index in [-0.39, 0.29) is 11.5 Å². The van der Waals surface area contributed by atoms with Crippen LogP contribution in [-0.2, 0) is 0 Å². The molecule has 0 amide bonds. The van der Waals surface area contributed by atoms with Gasteiger partial charge in [0.25, 0.3) is 0 Å². The number of aromatic nitrogens is 1. The molecule has 2 rings (SSSR count). The van der Waals surface area contributed by atoms with Gasteiger partial charge in [0.1, 0.15) is 23.5 Å². The predicted molar refractivity (Wildman–Crippen MR) is 45.3 cm³/mol. The highest BCUT2D eigenvalue weighted by Crippen LogP contribution is 2.30. The van der Waals surface area contributed by atoms with Crippen LogP contribution in [-0.4, -0.2) is 15.4 Å². The van der Waals surface area contributed by atoms with Gasteiger partial charge in [0.05, 0.1) is 0 Å². The Balaban J connectivity index is 2.53. The molecule has 0 spiro atoms. The fraction of sp³-hybridized carbons (Fsp3) is 0. The van der Waals surface area contributed by atoms with Crippen molar-refractivity contribution in [3.05, 3.63) is 30.5 Å². The first-order valence-electron chi connectivity index (χ1n) is 3.70. The summed E-state index contributed by atoms with van der Waals surface area (Å²) in [5.41, 5.74) is 1.07. The van der Waals surface area contributed by atoms with Gasteiger partial charge in [-0.3, -0.25) is 0 Å². The molecule has 13 heavy (non-hydrogen) atoms. The minimum absolute atomic E-state index is 0.0183. The van der Waals surface area contributed by atoms with Crippen LogP contribution in [0, 0.1) is 0 Å². The maximum atomic E-state index is 9.42. The molecule has 1 aromatic carbocycles. The minimum atomic E-state index is -0.0195. The smallest absolute Gasteiger partial charge is 0.128 e. The molecule has 1 heterocycles. The number of rotatable bonds is 1. The second-order valence-corrected chi connectivity index (χ2v) is 2.59. The van der Waals surface area contributed by atoms with E-state index < -0.39 is 0 Å². The summed E-state index contributed by atoms with van der Waals surface area (Å²) >= 11 is 0. The zero-order chi connectivity index (χ0) is 9.26. The number of benzene rings is 1. The van der Waals surface area contributed by atoms with Gasteiger partial charge in [-0.05, 0) is 12.1 Å². The van der Waals surface area contributed by atoms with E-state index >= 15 is 0 Å². The molecule has 2 N–H and O–H groups in total. The number of hydrogen-bond donors (Lipinski definition) is 2. The van der Waals surface area contributed by atoms with E-state index in [4.69, 9.17) is 5.11 Å². The number of aromatic hydroxyl groups is 2. The molecule has 0 saturated carbocycles. The summed E-state index contributed by atoms with van der Waals surface area (Å²) in [6.07, 6.45) is 1.42. The predicted octanol–water partition coefficient (Wildman–Crippen LogP) is 1.75. The highest BCUT2D eigenvalue weighted by Gasteiger charge is 2.06. The molecule has 4 nitrogen and oxygen atoms in total. The summed E-state index contributed by atoms with van der Waals surface area (Å²) in [6, 6.07) is 5.93. The molecular weight excluding hydrogens is 170 g/mol. The number of nitrogens with zero attached hydrogens (tertiary/aromatic N) is 1. The number of hydrogen-bond acceptors (Lipinski definition) is 4. The molecule has 0 aliphatic heterocycles. The maximum Gasteiger partial charge on any atom is 0.128 e. The van der Waals surface area contributed by atoms with Crippen LogP contribution in [0.4, 0.5) is 0 Å². The Morgan fingerprint density at radius 3 is 2.62 bits per heavy atom. The third kappa shape index (κ3) is 1.33. The molecule has 2 aromatic rings. The molecule has 4 heteroatoms. The number of phenols is 2. The van der Waals surface area contributed by atoms with Gasteiger partial charge >= 0.3 is 0 Å². The van der Waals surface area contributed by atoms with Gasteiger partial charge in [-0.25, -0.2) is 0 Å². The van der Waals surface area contributed by atoms with Crippen molar-refractivity contribution in [2.45, 2.75) is 0 Å². The van der Waals surface area contributed by atoms with E-state index in [0.29, 0.717) is 11.3 Å². The van der Waals surface area contributed by atoms with Gasteiger partial charge in [0.2, 0.25) is 0 Å². The van der Waals surface area contributed by atoms with Crippen molar-refractivity contribution >= 4 is 0 Å². The second-order valence-electron chi connectivity index (χ2n) is 2.59. The monoisotopic (exact) mass is 177 g/mol. The number of phenolic OH excluding ortho intramolecular Hbond substituents is 2. The maximum absolute atomic E-state index is 9.42. The van der Waals surface area contributed by atoms with E-state index in [1.54, 1.807) is 12.1 Å². The van der Waals surface area contributed by atoms with Crippen molar-refractivity contribution in [1.82, 2.24) is 5.16 Å². The lowest BCUT2D eigenvalue weighted by Crippen LogP contribution is -1.77. The first kappa shape index (κ1) is 7.67. The lowest BCUT2D eigenvalue weighted by molar-refractivity contribution is 0.420. The topological polar surface area (TPSA) is 66.5 Å². The zero-order valence-electron chi connectivity index (χ0n) is 6.64. The van der Waals surface area contributed by atoms with Crippen molar-refractivity contribution in [2.24, 2.45) is 0 Å². The fourth-order valence-corrected chi connectivity index (χ4v) is 1.09. The summed E-state index contributed by atoms with van der Waals surface area (Å²) in [5, 5.41) is 22.1. The van der Waals surface area contributed by atoms with Crippen LogP contribution in [0.5, 0.6) is 11.5 Å². The fourth-order valence-electron chi connectivity index (χ4n) is 1.09. The van der Waals surface area contributed by atoms with Crippen LogP contribution in [0.3, 0.4) is 0 Å². The first-order valence-corrected chi connectivity index (χ1v) is 3.70. The van der Waals surface area contributed by atoms with Gasteiger partial charge in [-0.2, -0.15) is 0 Å². The van der Waals surface area contributed by atoms with E-state index in [1.165, 1.54) is 18.4 Å². The third-order valence-corrected chi connectivity index (χ3v) is 1.70.